The Kier molecular flexibility index (Phi) is 4.05. The van der Waals surface area contributed by atoms with E-state index in [0.29, 0.717) is 13.0 Å². The van der Waals surface area contributed by atoms with Gasteiger partial charge in [0.25, 0.3) is 0 Å². The first-order valence-corrected chi connectivity index (χ1v) is 7.74. The Hall–Kier alpha value is 0.565. The minimum Gasteiger partial charge on any atom is -0.371 e. The average molecular weight is 374 g/mol. The van der Waals surface area contributed by atoms with Crippen molar-refractivity contribution in [2.24, 2.45) is 0 Å². The summed E-state index contributed by atoms with van der Waals surface area (Å²) in [7, 11) is -2.31. The molecule has 1 unspecified atom stereocenters. The van der Waals surface area contributed by atoms with Crippen molar-refractivity contribution in [1.29, 1.82) is 0 Å². The van der Waals surface area contributed by atoms with Crippen molar-refractivity contribution in [2.75, 3.05) is 6.61 Å². The Labute approximate surface area is 114 Å². The second-order valence-electron chi connectivity index (χ2n) is 4.40. The molecular weight excluding hydrogens is 361 g/mol. The Balaban J connectivity index is 2.19. The van der Waals surface area contributed by atoms with E-state index in [1.165, 1.54) is 6.08 Å². The maximum absolute atomic E-state index is 10.9. The van der Waals surface area contributed by atoms with Crippen LogP contribution in [0.3, 0.4) is 0 Å². The predicted molar refractivity (Wildman–Crippen MR) is 70.6 cm³/mol. The van der Waals surface area contributed by atoms with Gasteiger partial charge < -0.3 is 22.3 Å². The van der Waals surface area contributed by atoms with Crippen LogP contribution < -0.4 is 0 Å². The van der Waals surface area contributed by atoms with Gasteiger partial charge in [-0.15, -0.1) is 0 Å². The van der Waals surface area contributed by atoms with Crippen molar-refractivity contribution in [3.63, 3.8) is 0 Å². The van der Waals surface area contributed by atoms with Crippen LogP contribution in [0.5, 0.6) is 0 Å². The fraction of sp³-hybridized carbons (Fsp3) is 0.750. The molecule has 0 aromatic carbocycles. The van der Waals surface area contributed by atoms with Crippen molar-refractivity contribution in [3.05, 3.63) is 11.9 Å². The normalized spacial score (nSPS) is 42.2. The smallest absolute Gasteiger partial charge is 0.348 e. The van der Waals surface area contributed by atoms with E-state index in [2.05, 4.69) is 0 Å². The van der Waals surface area contributed by atoms with Crippen LogP contribution in [0.25, 0.3) is 0 Å². The highest BCUT2D eigenvalue weighted by molar-refractivity contribution is 14.1. The van der Waals surface area contributed by atoms with Gasteiger partial charge in [0, 0.05) is 12.2 Å². The minimum atomic E-state index is -4.18. The molecule has 0 amide bonds. The van der Waals surface area contributed by atoms with Crippen LogP contribution >= 0.6 is 30.6 Å². The Morgan fingerprint density at radius 3 is 2.82 bits per heavy atom. The molecule has 0 aromatic rings. The maximum atomic E-state index is 10.9. The molecule has 3 fully saturated rings. The summed E-state index contributed by atoms with van der Waals surface area (Å²) in [6.07, 6.45) is 1.72. The Morgan fingerprint density at radius 2 is 2.29 bits per heavy atom. The molecule has 0 aliphatic carbocycles. The third-order valence-electron chi connectivity index (χ3n) is 3.00. The number of halogens is 1. The lowest BCUT2D eigenvalue weighted by molar-refractivity contribution is -0.253. The predicted octanol–water partition coefficient (Wildman–Crippen LogP) is -0.0699. The summed E-state index contributed by atoms with van der Waals surface area (Å²) >= 11 is 1.81. The van der Waals surface area contributed by atoms with E-state index in [0.717, 1.165) is 5.82 Å². The highest BCUT2D eigenvalue weighted by Gasteiger charge is 2.51. The molecular formula is C8H13BIO6P. The van der Waals surface area contributed by atoms with E-state index in [9.17, 15) is 4.57 Å². The van der Waals surface area contributed by atoms with Crippen LogP contribution in [0.15, 0.2) is 11.9 Å². The van der Waals surface area contributed by atoms with Crippen LogP contribution in [0.1, 0.15) is 6.42 Å². The summed E-state index contributed by atoms with van der Waals surface area (Å²) in [5.74, 6) is 0.874. The maximum Gasteiger partial charge on any atom is 0.348 e. The van der Waals surface area contributed by atoms with Gasteiger partial charge in [-0.3, -0.25) is 4.57 Å². The minimum absolute atomic E-state index is 0.114. The number of hydrogen-bond acceptors (Lipinski definition) is 4. The van der Waals surface area contributed by atoms with Crippen LogP contribution in [0.2, 0.25) is 0 Å². The second kappa shape index (κ2) is 4.92. The fourth-order valence-corrected chi connectivity index (χ4v) is 3.22. The highest BCUT2D eigenvalue weighted by atomic mass is 127. The molecule has 3 rings (SSSR count). The van der Waals surface area contributed by atoms with E-state index in [1.54, 1.807) is 0 Å². The molecule has 3 saturated heterocycles. The van der Waals surface area contributed by atoms with Crippen molar-refractivity contribution >= 4 is 38.4 Å². The number of hydrogen-bond donors (Lipinski definition) is 2. The van der Waals surface area contributed by atoms with Crippen molar-refractivity contribution in [1.82, 2.24) is 0 Å². The molecule has 9 heteroatoms. The van der Waals surface area contributed by atoms with E-state index in [-0.39, 0.29) is 18.2 Å². The zero-order valence-electron chi connectivity index (χ0n) is 9.15. The first-order chi connectivity index (χ1) is 7.85. The van der Waals surface area contributed by atoms with Gasteiger partial charge in [-0.25, -0.2) is 0 Å². The Bertz CT molecular complexity index is 373. The standard InChI is InChI=1S/C8H13BIO6P/c9-7-6-5(16-10)3-8(15-7,4-14-6)1-2-17(11,12)13/h1-2,5-7H,3-4,9H2,(H2,11,12,13)/b2-1+/t5-,6-,7?,8-/m1/s1. The van der Waals surface area contributed by atoms with E-state index in [4.69, 9.17) is 22.3 Å². The molecule has 4 atom stereocenters. The summed E-state index contributed by atoms with van der Waals surface area (Å²) in [4.78, 5) is 17.7. The van der Waals surface area contributed by atoms with Gasteiger partial charge in [0.1, 0.15) is 48.7 Å². The van der Waals surface area contributed by atoms with Crippen molar-refractivity contribution < 1.29 is 26.9 Å². The van der Waals surface area contributed by atoms with Gasteiger partial charge in [0.05, 0.1) is 12.6 Å². The molecule has 17 heavy (non-hydrogen) atoms. The molecule has 3 heterocycles. The Morgan fingerprint density at radius 1 is 1.59 bits per heavy atom. The van der Waals surface area contributed by atoms with Gasteiger partial charge in [0.2, 0.25) is 0 Å². The molecule has 96 valence electrons. The molecule has 0 spiro atoms. The van der Waals surface area contributed by atoms with Crippen LogP contribution in [0.4, 0.5) is 0 Å². The SMILES string of the molecule is BC1O[C@@]2(/C=C/P(=O)(O)O)CO[C@@H]1[C@H](OI)C2. The zero-order chi connectivity index (χ0) is 12.7. The summed E-state index contributed by atoms with van der Waals surface area (Å²) in [6, 6.07) is -0.154. The average Bonchev–Trinajstić information content (AvgIpc) is 2.26. The lowest BCUT2D eigenvalue weighted by Gasteiger charge is -2.51. The summed E-state index contributed by atoms with van der Waals surface area (Å²) in [5.41, 5.74) is -0.787. The largest absolute Gasteiger partial charge is 0.371 e. The molecule has 0 saturated carbocycles. The quantitative estimate of drug-likeness (QED) is 0.409. The van der Waals surface area contributed by atoms with E-state index in [1.807, 2.05) is 30.9 Å². The van der Waals surface area contributed by atoms with Gasteiger partial charge in [-0.2, -0.15) is 0 Å². The third-order valence-corrected chi connectivity index (χ3v) is 4.19. The third kappa shape index (κ3) is 3.12. The van der Waals surface area contributed by atoms with E-state index >= 15 is 0 Å². The first kappa shape index (κ1) is 14.0. The molecule has 0 radical (unpaired) electrons. The van der Waals surface area contributed by atoms with Gasteiger partial charge in [-0.05, 0) is 6.08 Å². The lowest BCUT2D eigenvalue weighted by atomic mass is 9.79. The summed E-state index contributed by atoms with van der Waals surface area (Å²) < 4.78 is 27.5. The zero-order valence-corrected chi connectivity index (χ0v) is 12.2. The van der Waals surface area contributed by atoms with E-state index < -0.39 is 13.2 Å². The van der Waals surface area contributed by atoms with Crippen LogP contribution in [0, 0.1) is 0 Å². The van der Waals surface area contributed by atoms with Crippen molar-refractivity contribution in [2.45, 2.75) is 30.2 Å². The monoisotopic (exact) mass is 374 g/mol. The second-order valence-corrected chi connectivity index (χ2v) is 6.38. The molecule has 0 aromatic heterocycles. The van der Waals surface area contributed by atoms with Crippen molar-refractivity contribution in [3.8, 4) is 0 Å². The van der Waals surface area contributed by atoms with Gasteiger partial charge in [0.15, 0.2) is 0 Å². The number of fused-ring (bicyclic) bond motifs is 3. The summed E-state index contributed by atoms with van der Waals surface area (Å²) in [6.45, 7) is 0.301. The molecule has 3 aliphatic rings. The molecule has 2 bridgehead atoms. The van der Waals surface area contributed by atoms with Gasteiger partial charge in [-0.1, -0.05) is 0 Å². The lowest BCUT2D eigenvalue weighted by Crippen LogP contribution is -2.63. The topological polar surface area (TPSA) is 85.2 Å². The highest BCUT2D eigenvalue weighted by Crippen LogP contribution is 2.43. The van der Waals surface area contributed by atoms with Gasteiger partial charge >= 0.3 is 7.60 Å². The van der Waals surface area contributed by atoms with Crippen LogP contribution in [-0.4, -0.2) is 48.1 Å². The number of ether oxygens (including phenoxy) is 2. The summed E-state index contributed by atoms with van der Waals surface area (Å²) in [5, 5.41) is 0. The first-order valence-electron chi connectivity index (χ1n) is 5.18. The number of rotatable bonds is 3. The molecule has 2 N–H and O–H groups in total. The van der Waals surface area contributed by atoms with Crippen LogP contribution in [-0.2, 0) is 17.1 Å². The molecule has 3 aliphatic heterocycles. The molecule has 6 nitrogen and oxygen atoms in total. The fourth-order valence-electron chi connectivity index (χ4n) is 2.29.